The lowest BCUT2D eigenvalue weighted by Gasteiger charge is -2.33. The van der Waals surface area contributed by atoms with Gasteiger partial charge in [0.2, 0.25) is 0 Å². The van der Waals surface area contributed by atoms with Gasteiger partial charge in [-0.1, -0.05) is 36.4 Å². The Hall–Kier alpha value is -1.45. The van der Waals surface area contributed by atoms with Crippen molar-refractivity contribution in [2.45, 2.75) is 19.6 Å². The van der Waals surface area contributed by atoms with Gasteiger partial charge in [0, 0.05) is 32.9 Å². The van der Waals surface area contributed by atoms with Crippen LogP contribution >= 0.6 is 0 Å². The van der Waals surface area contributed by atoms with Gasteiger partial charge in [-0.05, 0) is 18.1 Å². The normalized spacial score (nSPS) is 22.0. The quantitative estimate of drug-likeness (QED) is 0.775. The monoisotopic (exact) mass is 258 g/mol. The van der Waals surface area contributed by atoms with E-state index in [4.69, 9.17) is 4.74 Å². The van der Waals surface area contributed by atoms with Crippen LogP contribution in [0.25, 0.3) is 0 Å². The lowest BCUT2D eigenvalue weighted by Crippen LogP contribution is -2.43. The van der Waals surface area contributed by atoms with E-state index in [2.05, 4.69) is 46.3 Å². The smallest absolute Gasteiger partial charge is 0.0964 e. The van der Waals surface area contributed by atoms with Crippen molar-refractivity contribution in [3.63, 3.8) is 0 Å². The number of hydrogen-bond donors (Lipinski definition) is 0. The molecule has 1 saturated heterocycles. The highest BCUT2D eigenvalue weighted by Gasteiger charge is 2.22. The molecule has 1 fully saturated rings. The van der Waals surface area contributed by atoms with Crippen molar-refractivity contribution in [3.8, 4) is 0 Å². The minimum absolute atomic E-state index is 0.145. The Bertz CT molecular complexity index is 439. The van der Waals surface area contributed by atoms with Gasteiger partial charge in [0.15, 0.2) is 0 Å². The van der Waals surface area contributed by atoms with Crippen LogP contribution in [0.3, 0.4) is 0 Å². The molecule has 0 N–H and O–H groups in total. The summed E-state index contributed by atoms with van der Waals surface area (Å²) in [6.45, 7) is 5.73. The second-order valence-electron chi connectivity index (χ2n) is 4.76. The Labute approximate surface area is 115 Å². The molecule has 1 aromatic rings. The third-order valence-electron chi connectivity index (χ3n) is 3.38. The highest BCUT2D eigenvalue weighted by atomic mass is 16.5. The van der Waals surface area contributed by atoms with E-state index in [1.807, 2.05) is 13.1 Å². The highest BCUT2D eigenvalue weighted by Crippen LogP contribution is 2.15. The molecule has 1 aliphatic rings. The molecule has 1 unspecified atom stereocenters. The molecule has 1 heterocycles. The molecule has 0 aliphatic carbocycles. The summed E-state index contributed by atoms with van der Waals surface area (Å²) in [7, 11) is 1.80. The van der Waals surface area contributed by atoms with Crippen LogP contribution in [-0.2, 0) is 11.3 Å². The molecule has 1 aliphatic heterocycles. The van der Waals surface area contributed by atoms with E-state index in [-0.39, 0.29) is 6.10 Å². The molecule has 102 valence electrons. The van der Waals surface area contributed by atoms with Crippen LogP contribution in [-0.4, -0.2) is 44.0 Å². The van der Waals surface area contributed by atoms with Crippen LogP contribution in [0.5, 0.6) is 0 Å². The van der Waals surface area contributed by atoms with Gasteiger partial charge in [-0.15, -0.1) is 0 Å². The molecule has 0 aromatic heterocycles. The summed E-state index contributed by atoms with van der Waals surface area (Å²) in [5.74, 6) is 0. The first-order valence-corrected chi connectivity index (χ1v) is 6.79. The van der Waals surface area contributed by atoms with Crippen molar-refractivity contribution >= 4 is 6.21 Å². The minimum Gasteiger partial charge on any atom is -0.371 e. The third-order valence-corrected chi connectivity index (χ3v) is 3.38. The minimum atomic E-state index is 0.145. The average molecular weight is 258 g/mol. The molecule has 0 radical (unpaired) electrons. The van der Waals surface area contributed by atoms with Crippen molar-refractivity contribution in [1.82, 2.24) is 4.90 Å². The van der Waals surface area contributed by atoms with E-state index >= 15 is 0 Å². The Morgan fingerprint density at radius 2 is 2.21 bits per heavy atom. The molecule has 0 amide bonds. The van der Waals surface area contributed by atoms with Crippen molar-refractivity contribution < 1.29 is 4.74 Å². The highest BCUT2D eigenvalue weighted by molar-refractivity contribution is 5.79. The Morgan fingerprint density at radius 3 is 2.89 bits per heavy atom. The fourth-order valence-corrected chi connectivity index (χ4v) is 2.38. The Kier molecular flexibility index (Phi) is 5.31. The van der Waals surface area contributed by atoms with Crippen LogP contribution in [0.1, 0.15) is 12.5 Å². The lowest BCUT2D eigenvalue weighted by atomic mass is 10.1. The second kappa shape index (κ2) is 7.22. The fraction of sp³-hybridized carbons (Fsp3) is 0.438. The van der Waals surface area contributed by atoms with E-state index in [9.17, 15) is 0 Å². The number of hydrogen-bond acceptors (Lipinski definition) is 3. The summed E-state index contributed by atoms with van der Waals surface area (Å²) in [5.41, 5.74) is 2.52. The number of aliphatic imine (C=N–C) groups is 1. The molecule has 0 bridgehead atoms. The van der Waals surface area contributed by atoms with E-state index in [1.165, 1.54) is 11.1 Å². The third kappa shape index (κ3) is 4.01. The fourth-order valence-electron chi connectivity index (χ4n) is 2.38. The van der Waals surface area contributed by atoms with E-state index < -0.39 is 0 Å². The van der Waals surface area contributed by atoms with Gasteiger partial charge in [0.1, 0.15) is 0 Å². The molecular formula is C16H22N2O. The first kappa shape index (κ1) is 14.0. The van der Waals surface area contributed by atoms with Crippen molar-refractivity contribution in [3.05, 3.63) is 47.5 Å². The van der Waals surface area contributed by atoms with E-state index in [1.54, 1.807) is 7.05 Å². The van der Waals surface area contributed by atoms with Crippen LogP contribution in [0.2, 0.25) is 0 Å². The standard InChI is InChI=1S/C16H22N2O/c1-3-15(11-17-2)16-13-18(9-10-19-16)12-14-7-5-4-6-8-14/h3-8,11,16H,9-10,12-13H2,1-2H3/b15-3+,17-11?. The van der Waals surface area contributed by atoms with Crippen molar-refractivity contribution in [2.75, 3.05) is 26.7 Å². The maximum absolute atomic E-state index is 5.85. The Balaban J connectivity index is 1.97. The molecule has 2 rings (SSSR count). The molecule has 19 heavy (non-hydrogen) atoms. The Morgan fingerprint density at radius 1 is 1.42 bits per heavy atom. The summed E-state index contributed by atoms with van der Waals surface area (Å²) in [6.07, 6.45) is 4.13. The number of rotatable bonds is 4. The first-order valence-electron chi connectivity index (χ1n) is 6.79. The molecule has 3 heteroatoms. The number of allylic oxidation sites excluding steroid dienone is 1. The molecule has 1 aromatic carbocycles. The molecule has 0 saturated carbocycles. The van der Waals surface area contributed by atoms with Crippen molar-refractivity contribution in [1.29, 1.82) is 0 Å². The zero-order chi connectivity index (χ0) is 13.5. The van der Waals surface area contributed by atoms with Gasteiger partial charge in [0.05, 0.1) is 12.7 Å². The summed E-state index contributed by atoms with van der Waals surface area (Å²) in [4.78, 5) is 6.54. The SMILES string of the molecule is C/C=C(\C=NC)C1CN(Cc2ccccc2)CCO1. The topological polar surface area (TPSA) is 24.8 Å². The van der Waals surface area contributed by atoms with E-state index in [0.717, 1.165) is 26.2 Å². The summed E-state index contributed by atoms with van der Waals surface area (Å²) in [6, 6.07) is 10.6. The zero-order valence-electron chi connectivity index (χ0n) is 11.7. The molecule has 0 spiro atoms. The van der Waals surface area contributed by atoms with Crippen molar-refractivity contribution in [2.24, 2.45) is 4.99 Å². The zero-order valence-corrected chi connectivity index (χ0v) is 11.7. The van der Waals surface area contributed by atoms with E-state index in [0.29, 0.717) is 0 Å². The number of benzene rings is 1. The van der Waals surface area contributed by atoms with Gasteiger partial charge in [-0.3, -0.25) is 9.89 Å². The largest absolute Gasteiger partial charge is 0.371 e. The van der Waals surface area contributed by atoms with Gasteiger partial charge in [-0.2, -0.15) is 0 Å². The predicted octanol–water partition coefficient (Wildman–Crippen LogP) is 2.53. The van der Waals surface area contributed by atoms with Crippen LogP contribution < -0.4 is 0 Å². The summed E-state index contributed by atoms with van der Waals surface area (Å²) < 4.78 is 5.85. The number of nitrogens with zero attached hydrogens (tertiary/aromatic N) is 2. The average Bonchev–Trinajstić information content (AvgIpc) is 2.46. The maximum Gasteiger partial charge on any atom is 0.0964 e. The summed E-state index contributed by atoms with van der Waals surface area (Å²) >= 11 is 0. The first-order chi connectivity index (χ1) is 9.33. The van der Waals surface area contributed by atoms with Gasteiger partial charge in [-0.25, -0.2) is 0 Å². The maximum atomic E-state index is 5.85. The van der Waals surface area contributed by atoms with Gasteiger partial charge >= 0.3 is 0 Å². The van der Waals surface area contributed by atoms with Crippen LogP contribution in [0.4, 0.5) is 0 Å². The number of ether oxygens (including phenoxy) is 1. The number of morpholine rings is 1. The predicted molar refractivity (Wildman–Crippen MR) is 79.6 cm³/mol. The van der Waals surface area contributed by atoms with Gasteiger partial charge < -0.3 is 4.74 Å². The molecule has 3 nitrogen and oxygen atoms in total. The van der Waals surface area contributed by atoms with Crippen LogP contribution in [0.15, 0.2) is 47.0 Å². The molecule has 1 atom stereocenters. The van der Waals surface area contributed by atoms with Crippen LogP contribution in [0, 0.1) is 0 Å². The van der Waals surface area contributed by atoms with Gasteiger partial charge in [0.25, 0.3) is 0 Å². The summed E-state index contributed by atoms with van der Waals surface area (Å²) in [5, 5.41) is 0. The lowest BCUT2D eigenvalue weighted by molar-refractivity contribution is -0.00935. The second-order valence-corrected chi connectivity index (χ2v) is 4.76. The molecular weight excluding hydrogens is 236 g/mol.